The standard InChI is InChI=1S/C59H70N2/c1-11-18-23-30-55(52(26-17-7)28-21-14-4)46-51-35-42-58(43-36-51)61(57-40-32-48(8)33-41-57)49(9)34-37-53(29-22-15-5)54-38-44-56(45-39-54)60(10)59(31-24-19-12-2)47-50(25-16-6)27-20-13-3/h11-14,16-21,23-28,30-45,47H,1,15,22,29,46H2,2-10H3/b19-12-,20-13-,21-14-,23-18-,25-16-,26-17-,31-24-,49-34+,50-27+,52-28+,53-37+,55-30+,59-47-. The molecule has 0 N–H and O–H groups in total. The van der Waals surface area contributed by atoms with E-state index in [0.29, 0.717) is 0 Å². The van der Waals surface area contributed by atoms with Gasteiger partial charge in [0, 0.05) is 35.5 Å². The molecule has 3 aromatic rings. The minimum Gasteiger partial charge on any atom is -0.345 e. The first-order valence-electron chi connectivity index (χ1n) is 21.8. The third kappa shape index (κ3) is 16.7. The summed E-state index contributed by atoms with van der Waals surface area (Å²) in [6, 6.07) is 26.9. The first kappa shape index (κ1) is 49.0. The summed E-state index contributed by atoms with van der Waals surface area (Å²) in [5.41, 5.74) is 14.3. The lowest BCUT2D eigenvalue weighted by Crippen LogP contribution is -2.15. The van der Waals surface area contributed by atoms with Gasteiger partial charge in [-0.25, -0.2) is 0 Å². The maximum Gasteiger partial charge on any atom is 0.0458 e. The van der Waals surface area contributed by atoms with Gasteiger partial charge in [-0.2, -0.15) is 0 Å². The van der Waals surface area contributed by atoms with Crippen LogP contribution >= 0.6 is 0 Å². The summed E-state index contributed by atoms with van der Waals surface area (Å²) in [7, 11) is 2.14. The number of rotatable bonds is 22. The molecule has 0 bridgehead atoms. The Bertz CT molecular complexity index is 2210. The number of unbranched alkanes of at least 4 members (excludes halogenated alkanes) is 1. The van der Waals surface area contributed by atoms with E-state index in [1.807, 2.05) is 39.0 Å². The van der Waals surface area contributed by atoms with E-state index in [4.69, 9.17) is 0 Å². The fraction of sp³-hybridized carbons (Fsp3) is 0.220. The minimum atomic E-state index is 0.808. The summed E-state index contributed by atoms with van der Waals surface area (Å²) in [4.78, 5) is 4.61. The van der Waals surface area contributed by atoms with Crippen molar-refractivity contribution in [1.82, 2.24) is 0 Å². The Morgan fingerprint density at radius 1 is 0.607 bits per heavy atom. The van der Waals surface area contributed by atoms with Crippen molar-refractivity contribution in [2.24, 2.45) is 0 Å². The van der Waals surface area contributed by atoms with Crippen LogP contribution in [0.3, 0.4) is 0 Å². The second-order valence-electron chi connectivity index (χ2n) is 14.8. The summed E-state index contributed by atoms with van der Waals surface area (Å²) in [5.74, 6) is 0. The summed E-state index contributed by atoms with van der Waals surface area (Å²) in [6.45, 7) is 20.7. The molecule has 0 heterocycles. The maximum absolute atomic E-state index is 3.86. The lowest BCUT2D eigenvalue weighted by atomic mass is 9.96. The zero-order valence-electron chi connectivity index (χ0n) is 38.5. The van der Waals surface area contributed by atoms with Crippen molar-refractivity contribution >= 4 is 22.6 Å². The molecule has 316 valence electrons. The fourth-order valence-electron chi connectivity index (χ4n) is 6.67. The van der Waals surface area contributed by atoms with Crippen LogP contribution in [-0.4, -0.2) is 7.05 Å². The highest BCUT2D eigenvalue weighted by molar-refractivity contribution is 5.72. The fourth-order valence-corrected chi connectivity index (χ4v) is 6.67. The van der Waals surface area contributed by atoms with Crippen molar-refractivity contribution in [2.45, 2.75) is 81.1 Å². The molecule has 0 fully saturated rings. The largest absolute Gasteiger partial charge is 0.345 e. The summed E-state index contributed by atoms with van der Waals surface area (Å²) < 4.78 is 0. The van der Waals surface area contributed by atoms with Crippen LogP contribution in [0.5, 0.6) is 0 Å². The van der Waals surface area contributed by atoms with Crippen LogP contribution in [-0.2, 0) is 6.42 Å². The van der Waals surface area contributed by atoms with Crippen molar-refractivity contribution in [1.29, 1.82) is 0 Å². The Kier molecular flexibility index (Phi) is 22.6. The van der Waals surface area contributed by atoms with Crippen LogP contribution in [0.1, 0.15) is 84.4 Å². The molecule has 0 unspecified atom stereocenters. The van der Waals surface area contributed by atoms with Crippen LogP contribution < -0.4 is 9.80 Å². The van der Waals surface area contributed by atoms with Crippen LogP contribution in [0.2, 0.25) is 0 Å². The number of hydrogen-bond donors (Lipinski definition) is 0. The number of hydrogen-bond acceptors (Lipinski definition) is 2. The van der Waals surface area contributed by atoms with Crippen LogP contribution in [0.4, 0.5) is 17.1 Å². The van der Waals surface area contributed by atoms with Gasteiger partial charge in [0.05, 0.1) is 0 Å². The summed E-state index contributed by atoms with van der Waals surface area (Å²) >= 11 is 0. The molecule has 61 heavy (non-hydrogen) atoms. The van der Waals surface area contributed by atoms with Gasteiger partial charge >= 0.3 is 0 Å². The van der Waals surface area contributed by atoms with Gasteiger partial charge < -0.3 is 9.80 Å². The predicted molar refractivity (Wildman–Crippen MR) is 274 cm³/mol. The van der Waals surface area contributed by atoms with Gasteiger partial charge in [-0.3, -0.25) is 0 Å². The minimum absolute atomic E-state index is 0.808. The van der Waals surface area contributed by atoms with Gasteiger partial charge in [0.2, 0.25) is 0 Å². The number of nitrogens with zero attached hydrogens (tertiary/aromatic N) is 2. The van der Waals surface area contributed by atoms with Crippen molar-refractivity contribution < 1.29 is 0 Å². The van der Waals surface area contributed by atoms with E-state index >= 15 is 0 Å². The zero-order valence-corrected chi connectivity index (χ0v) is 38.5. The van der Waals surface area contributed by atoms with Gasteiger partial charge in [-0.1, -0.05) is 171 Å². The predicted octanol–water partition coefficient (Wildman–Crippen LogP) is 17.1. The van der Waals surface area contributed by atoms with E-state index in [2.05, 4.69) is 240 Å². The molecule has 3 aromatic carbocycles. The average Bonchev–Trinajstić information content (AvgIpc) is 3.27. The second-order valence-corrected chi connectivity index (χ2v) is 14.8. The average molecular weight is 807 g/mol. The molecule has 0 aromatic heterocycles. The molecular formula is C59H70N2. The lowest BCUT2D eigenvalue weighted by molar-refractivity contribution is 0.824. The Balaban J connectivity index is 2.06. The Morgan fingerprint density at radius 3 is 1.84 bits per heavy atom. The molecule has 0 saturated heterocycles. The molecule has 0 spiro atoms. The molecule has 2 nitrogen and oxygen atoms in total. The van der Waals surface area contributed by atoms with Crippen LogP contribution in [0.15, 0.2) is 235 Å². The van der Waals surface area contributed by atoms with Crippen LogP contribution in [0.25, 0.3) is 5.57 Å². The number of anilines is 3. The molecule has 3 rings (SSSR count). The number of allylic oxidation sites excluding steroid dienone is 26. The van der Waals surface area contributed by atoms with Gasteiger partial charge in [0.25, 0.3) is 0 Å². The molecule has 0 aliphatic heterocycles. The topological polar surface area (TPSA) is 6.48 Å². The summed E-state index contributed by atoms with van der Waals surface area (Å²) in [5, 5.41) is 0. The number of likely N-dealkylation sites (N-methyl/N-ethyl adjacent to an activating group) is 1. The normalized spacial score (nSPS) is 14.1. The third-order valence-electron chi connectivity index (χ3n) is 10.0. The second kappa shape index (κ2) is 28.2. The number of aryl methyl sites for hydroxylation is 1. The van der Waals surface area contributed by atoms with E-state index in [1.165, 1.54) is 33.4 Å². The third-order valence-corrected chi connectivity index (χ3v) is 10.0. The van der Waals surface area contributed by atoms with Gasteiger partial charge in [-0.15, -0.1) is 0 Å². The van der Waals surface area contributed by atoms with Crippen molar-refractivity contribution in [3.8, 4) is 0 Å². The molecule has 0 aliphatic rings. The summed E-state index contributed by atoms with van der Waals surface area (Å²) in [6.07, 6.45) is 48.4. The molecule has 0 amide bonds. The highest BCUT2D eigenvalue weighted by Crippen LogP contribution is 2.32. The van der Waals surface area contributed by atoms with E-state index in [9.17, 15) is 0 Å². The quantitative estimate of drug-likeness (QED) is 0.0933. The first-order valence-corrected chi connectivity index (χ1v) is 21.8. The van der Waals surface area contributed by atoms with Gasteiger partial charge in [0.1, 0.15) is 0 Å². The van der Waals surface area contributed by atoms with Crippen molar-refractivity contribution in [3.05, 3.63) is 252 Å². The molecular weight excluding hydrogens is 737 g/mol. The Labute approximate surface area is 370 Å². The van der Waals surface area contributed by atoms with Crippen molar-refractivity contribution in [3.63, 3.8) is 0 Å². The lowest BCUT2D eigenvalue weighted by Gasteiger charge is -2.26. The van der Waals surface area contributed by atoms with Crippen molar-refractivity contribution in [2.75, 3.05) is 16.8 Å². The Morgan fingerprint density at radius 2 is 1.23 bits per heavy atom. The van der Waals surface area contributed by atoms with Gasteiger partial charge in [-0.05, 0) is 156 Å². The molecule has 2 heteroatoms. The zero-order chi connectivity index (χ0) is 44.2. The monoisotopic (exact) mass is 807 g/mol. The molecule has 0 radical (unpaired) electrons. The molecule has 0 saturated carbocycles. The maximum atomic E-state index is 3.86. The highest BCUT2D eigenvalue weighted by Gasteiger charge is 2.13. The SMILES string of the molecule is C=C\C=C/C=C(Cc1ccc(N(/C(C)=C/C=C(\CCCC)c2ccc(N(C)C(\C=C/C=C\C)=C/C(/C=C\C)=C/C=C\C)cc2)c2ccc(C)cc2)cc1)/C(/C=C\C)=C/C=C\C. The van der Waals surface area contributed by atoms with E-state index < -0.39 is 0 Å². The van der Waals surface area contributed by atoms with E-state index in [-0.39, 0.29) is 0 Å². The van der Waals surface area contributed by atoms with E-state index in [0.717, 1.165) is 59.7 Å². The van der Waals surface area contributed by atoms with Crippen LogP contribution in [0, 0.1) is 6.92 Å². The highest BCUT2D eigenvalue weighted by atomic mass is 15.1. The van der Waals surface area contributed by atoms with E-state index in [1.54, 1.807) is 0 Å². The molecule has 0 atom stereocenters. The number of benzene rings is 3. The van der Waals surface area contributed by atoms with Gasteiger partial charge in [0.15, 0.2) is 0 Å². The Hall–Kier alpha value is -6.38. The first-order chi connectivity index (χ1) is 29.7. The molecule has 0 aliphatic carbocycles. The smallest absolute Gasteiger partial charge is 0.0458 e.